The van der Waals surface area contributed by atoms with Gasteiger partial charge in [0.1, 0.15) is 0 Å². The van der Waals surface area contributed by atoms with Gasteiger partial charge < -0.3 is 9.88 Å². The molecule has 24 heavy (non-hydrogen) atoms. The molecule has 0 saturated heterocycles. The minimum Gasteiger partial charge on any atom is -0.358 e. The van der Waals surface area contributed by atoms with Crippen LogP contribution in [0, 0.1) is 6.92 Å². The van der Waals surface area contributed by atoms with E-state index in [1.54, 1.807) is 0 Å². The number of aromatic amines is 1. The molecule has 2 heteroatoms. The third-order valence-corrected chi connectivity index (χ3v) is 5.25. The van der Waals surface area contributed by atoms with Crippen molar-refractivity contribution in [2.75, 3.05) is 13.6 Å². The fourth-order valence-electron chi connectivity index (χ4n) is 4.14. The Kier molecular flexibility index (Phi) is 4.96. The summed E-state index contributed by atoms with van der Waals surface area (Å²) in [6, 6.07) is 6.78. The molecule has 1 aromatic heterocycles. The topological polar surface area (TPSA) is 19.0 Å². The molecule has 1 aromatic carbocycles. The maximum atomic E-state index is 3.76. The van der Waals surface area contributed by atoms with Crippen LogP contribution >= 0.6 is 0 Å². The lowest BCUT2D eigenvalue weighted by Crippen LogP contribution is -2.42. The van der Waals surface area contributed by atoms with Crippen molar-refractivity contribution in [3.05, 3.63) is 59.3 Å². The van der Waals surface area contributed by atoms with Crippen LogP contribution in [0.4, 0.5) is 0 Å². The molecule has 1 unspecified atom stereocenters. The smallest absolute Gasteiger partial charge is 0.0459 e. The lowest BCUT2D eigenvalue weighted by molar-refractivity contribution is 0.209. The average Bonchev–Trinajstić information content (AvgIpc) is 2.90. The summed E-state index contributed by atoms with van der Waals surface area (Å²) in [5.41, 5.74) is 5.82. The standard InChI is InChI=1S/C22H30N2/c1-5-6-7-8-9-10-13-22(3)16-24(4)15-19-18-14-17(2)11-12-20(18)23-21(19)22/h5-8,11-12,14,23H,9-10,13,15-16H2,1-4H3/b6-5-,8-7-. The van der Waals surface area contributed by atoms with Crippen molar-refractivity contribution in [1.82, 2.24) is 9.88 Å². The molecular weight excluding hydrogens is 292 g/mol. The van der Waals surface area contributed by atoms with Gasteiger partial charge in [-0.25, -0.2) is 0 Å². The number of likely N-dealkylation sites (N-methyl/N-ethyl adjacent to an activating group) is 1. The minimum atomic E-state index is 0.212. The number of aromatic nitrogens is 1. The third kappa shape index (κ3) is 3.34. The SMILES string of the molecule is C/C=C\C=C/CCCC1(C)CN(C)Cc2c1[nH]c1ccc(C)cc21. The molecule has 2 heterocycles. The summed E-state index contributed by atoms with van der Waals surface area (Å²) in [6.07, 6.45) is 12.2. The third-order valence-electron chi connectivity index (χ3n) is 5.25. The molecule has 1 N–H and O–H groups in total. The van der Waals surface area contributed by atoms with Gasteiger partial charge in [0.15, 0.2) is 0 Å². The van der Waals surface area contributed by atoms with Crippen LogP contribution in [0.1, 0.15) is 49.9 Å². The van der Waals surface area contributed by atoms with Gasteiger partial charge >= 0.3 is 0 Å². The van der Waals surface area contributed by atoms with Gasteiger partial charge in [0, 0.05) is 35.1 Å². The Morgan fingerprint density at radius 3 is 2.92 bits per heavy atom. The van der Waals surface area contributed by atoms with Crippen molar-refractivity contribution < 1.29 is 0 Å². The van der Waals surface area contributed by atoms with Crippen LogP contribution in [-0.4, -0.2) is 23.5 Å². The Morgan fingerprint density at radius 2 is 2.12 bits per heavy atom. The second kappa shape index (κ2) is 6.98. The highest BCUT2D eigenvalue weighted by Crippen LogP contribution is 2.40. The molecule has 128 valence electrons. The lowest BCUT2D eigenvalue weighted by atomic mass is 9.77. The van der Waals surface area contributed by atoms with Crippen LogP contribution in [0.15, 0.2) is 42.5 Å². The van der Waals surface area contributed by atoms with E-state index in [2.05, 4.69) is 80.2 Å². The highest BCUT2D eigenvalue weighted by molar-refractivity contribution is 5.86. The molecule has 1 aliphatic rings. The maximum absolute atomic E-state index is 3.76. The maximum Gasteiger partial charge on any atom is 0.0459 e. The number of H-pyrrole nitrogens is 1. The first-order valence-electron chi connectivity index (χ1n) is 9.11. The Morgan fingerprint density at radius 1 is 1.29 bits per heavy atom. The summed E-state index contributed by atoms with van der Waals surface area (Å²) in [7, 11) is 2.25. The fourth-order valence-corrected chi connectivity index (χ4v) is 4.14. The lowest BCUT2D eigenvalue weighted by Gasteiger charge is -2.39. The van der Waals surface area contributed by atoms with E-state index >= 15 is 0 Å². The van der Waals surface area contributed by atoms with Crippen LogP contribution in [0.5, 0.6) is 0 Å². The van der Waals surface area contributed by atoms with E-state index in [9.17, 15) is 0 Å². The minimum absolute atomic E-state index is 0.212. The van der Waals surface area contributed by atoms with Crippen LogP contribution < -0.4 is 0 Å². The second-order valence-electron chi connectivity index (χ2n) is 7.61. The first-order valence-corrected chi connectivity index (χ1v) is 9.11. The van der Waals surface area contributed by atoms with Gasteiger partial charge in [-0.1, -0.05) is 42.9 Å². The van der Waals surface area contributed by atoms with Crippen LogP contribution in [-0.2, 0) is 12.0 Å². The van der Waals surface area contributed by atoms with E-state index in [0.717, 1.165) is 19.5 Å². The normalized spacial score (nSPS) is 22.0. The summed E-state index contributed by atoms with van der Waals surface area (Å²) < 4.78 is 0. The fraction of sp³-hybridized carbons (Fsp3) is 0.455. The monoisotopic (exact) mass is 322 g/mol. The number of unbranched alkanes of at least 4 members (excludes halogenated alkanes) is 1. The van der Waals surface area contributed by atoms with Crippen molar-refractivity contribution in [3.63, 3.8) is 0 Å². The van der Waals surface area contributed by atoms with Crippen molar-refractivity contribution in [3.8, 4) is 0 Å². The van der Waals surface area contributed by atoms with Crippen molar-refractivity contribution in [2.45, 2.75) is 52.0 Å². The number of allylic oxidation sites excluding steroid dienone is 4. The van der Waals surface area contributed by atoms with E-state index in [1.165, 1.54) is 40.6 Å². The molecule has 0 amide bonds. The Balaban J connectivity index is 1.86. The van der Waals surface area contributed by atoms with E-state index < -0.39 is 0 Å². The van der Waals surface area contributed by atoms with Crippen molar-refractivity contribution in [1.29, 1.82) is 0 Å². The molecule has 0 fully saturated rings. The number of hydrogen-bond donors (Lipinski definition) is 1. The second-order valence-corrected chi connectivity index (χ2v) is 7.61. The van der Waals surface area contributed by atoms with Gasteiger partial charge in [-0.2, -0.15) is 0 Å². The predicted octanol–water partition coefficient (Wildman–Crippen LogP) is 5.48. The molecule has 0 aliphatic carbocycles. The van der Waals surface area contributed by atoms with E-state index in [1.807, 2.05) is 0 Å². The molecule has 2 nitrogen and oxygen atoms in total. The molecule has 1 atom stereocenters. The van der Waals surface area contributed by atoms with Crippen LogP contribution in [0.25, 0.3) is 10.9 Å². The molecule has 2 aromatic rings. The predicted molar refractivity (Wildman–Crippen MR) is 105 cm³/mol. The van der Waals surface area contributed by atoms with Gasteiger partial charge in [0.2, 0.25) is 0 Å². The largest absolute Gasteiger partial charge is 0.358 e. The van der Waals surface area contributed by atoms with Gasteiger partial charge in [0.25, 0.3) is 0 Å². The molecule has 0 spiro atoms. The number of rotatable bonds is 5. The van der Waals surface area contributed by atoms with Crippen LogP contribution in [0.2, 0.25) is 0 Å². The van der Waals surface area contributed by atoms with Gasteiger partial charge in [0.05, 0.1) is 0 Å². The summed E-state index contributed by atoms with van der Waals surface area (Å²) in [5, 5.41) is 1.41. The number of benzene rings is 1. The zero-order chi connectivity index (χ0) is 17.2. The number of aryl methyl sites for hydroxylation is 1. The number of hydrogen-bond acceptors (Lipinski definition) is 1. The molecule has 0 saturated carbocycles. The zero-order valence-electron chi connectivity index (χ0n) is 15.5. The molecule has 1 aliphatic heterocycles. The van der Waals surface area contributed by atoms with Gasteiger partial charge in [-0.05, 0) is 57.9 Å². The summed E-state index contributed by atoms with van der Waals surface area (Å²) >= 11 is 0. The number of nitrogens with zero attached hydrogens (tertiary/aromatic N) is 1. The molecule has 0 radical (unpaired) electrons. The first kappa shape index (κ1) is 17.0. The van der Waals surface area contributed by atoms with Crippen molar-refractivity contribution >= 4 is 10.9 Å². The average molecular weight is 322 g/mol. The number of fused-ring (bicyclic) bond motifs is 3. The van der Waals surface area contributed by atoms with E-state index in [0.29, 0.717) is 0 Å². The van der Waals surface area contributed by atoms with E-state index in [4.69, 9.17) is 0 Å². The summed E-state index contributed by atoms with van der Waals surface area (Å²) in [6.45, 7) is 8.85. The molecule has 0 bridgehead atoms. The Hall–Kier alpha value is -1.80. The quantitative estimate of drug-likeness (QED) is 0.570. The van der Waals surface area contributed by atoms with E-state index in [-0.39, 0.29) is 5.41 Å². The highest BCUT2D eigenvalue weighted by atomic mass is 15.1. The Bertz CT molecular complexity index is 766. The zero-order valence-corrected chi connectivity index (χ0v) is 15.5. The number of nitrogens with one attached hydrogen (secondary N) is 1. The van der Waals surface area contributed by atoms with Gasteiger partial charge in [-0.15, -0.1) is 0 Å². The van der Waals surface area contributed by atoms with Crippen LogP contribution in [0.3, 0.4) is 0 Å². The molecule has 3 rings (SSSR count). The Labute approximate surface area is 146 Å². The van der Waals surface area contributed by atoms with Gasteiger partial charge in [-0.3, -0.25) is 0 Å². The summed E-state index contributed by atoms with van der Waals surface area (Å²) in [4.78, 5) is 6.24. The molecular formula is C22H30N2. The first-order chi connectivity index (χ1) is 11.5. The summed E-state index contributed by atoms with van der Waals surface area (Å²) in [5.74, 6) is 0. The highest BCUT2D eigenvalue weighted by Gasteiger charge is 2.36. The van der Waals surface area contributed by atoms with Crippen molar-refractivity contribution in [2.24, 2.45) is 0 Å².